The molecule has 2 aromatic rings. The predicted octanol–water partition coefficient (Wildman–Crippen LogP) is 1.41. The molecule has 0 atom stereocenters. The normalized spacial score (nSPS) is 15.5. The molecule has 1 saturated heterocycles. The third-order valence-corrected chi connectivity index (χ3v) is 5.89. The Balaban J connectivity index is 1.67. The van der Waals surface area contributed by atoms with Gasteiger partial charge in [0, 0.05) is 13.1 Å². The summed E-state index contributed by atoms with van der Waals surface area (Å²) in [6, 6.07) is 6.52. The molecule has 9 heteroatoms. The number of hydrogen-bond donors (Lipinski definition) is 1. The van der Waals surface area contributed by atoms with Crippen molar-refractivity contribution in [3.05, 3.63) is 29.3 Å². The Morgan fingerprint density at radius 2 is 2.09 bits per heavy atom. The second kappa shape index (κ2) is 6.42. The van der Waals surface area contributed by atoms with Gasteiger partial charge in [-0.25, -0.2) is 13.1 Å². The quantitative estimate of drug-likeness (QED) is 0.844. The molecule has 3 rings (SSSR count). The molecule has 1 aliphatic rings. The number of hydrogen-bond acceptors (Lipinski definition) is 7. The molecule has 7 nitrogen and oxygen atoms in total. The van der Waals surface area contributed by atoms with Crippen molar-refractivity contribution >= 4 is 26.5 Å². The molecular weight excluding hydrogens is 336 g/mol. The van der Waals surface area contributed by atoms with Gasteiger partial charge >= 0.3 is 0 Å². The van der Waals surface area contributed by atoms with Crippen LogP contribution in [0.2, 0.25) is 0 Å². The van der Waals surface area contributed by atoms with E-state index in [-0.39, 0.29) is 10.9 Å². The fraction of sp³-hybridized carbons (Fsp3) is 0.429. The fourth-order valence-corrected chi connectivity index (χ4v) is 4.42. The number of sulfonamides is 1. The van der Waals surface area contributed by atoms with E-state index < -0.39 is 10.0 Å². The van der Waals surface area contributed by atoms with Gasteiger partial charge in [-0.15, -0.1) is 10.2 Å². The summed E-state index contributed by atoms with van der Waals surface area (Å²) < 4.78 is 33.2. The number of aryl methyl sites for hydroxylation is 1. The molecule has 0 saturated carbocycles. The summed E-state index contributed by atoms with van der Waals surface area (Å²) in [5.41, 5.74) is 0. The van der Waals surface area contributed by atoms with Crippen LogP contribution in [0.25, 0.3) is 0 Å². The Morgan fingerprint density at radius 1 is 1.35 bits per heavy atom. The smallest absolute Gasteiger partial charge is 0.244 e. The van der Waals surface area contributed by atoms with E-state index in [1.165, 1.54) is 11.3 Å². The minimum Gasteiger partial charge on any atom is -0.492 e. The van der Waals surface area contributed by atoms with Crippen LogP contribution < -0.4 is 14.4 Å². The summed E-state index contributed by atoms with van der Waals surface area (Å²) in [6.07, 6.45) is 0. The van der Waals surface area contributed by atoms with E-state index in [4.69, 9.17) is 4.74 Å². The van der Waals surface area contributed by atoms with Gasteiger partial charge in [-0.3, -0.25) is 0 Å². The van der Waals surface area contributed by atoms with E-state index in [2.05, 4.69) is 14.9 Å². The average molecular weight is 354 g/mol. The molecule has 23 heavy (non-hydrogen) atoms. The van der Waals surface area contributed by atoms with Crippen molar-refractivity contribution in [2.24, 2.45) is 0 Å². The van der Waals surface area contributed by atoms with E-state index in [1.54, 1.807) is 24.3 Å². The van der Waals surface area contributed by atoms with Gasteiger partial charge in [-0.2, -0.15) is 0 Å². The van der Waals surface area contributed by atoms with Crippen LogP contribution in [0.4, 0.5) is 5.13 Å². The van der Waals surface area contributed by atoms with Crippen molar-refractivity contribution in [2.45, 2.75) is 24.8 Å². The summed E-state index contributed by atoms with van der Waals surface area (Å²) in [5, 5.41) is 9.76. The van der Waals surface area contributed by atoms with Gasteiger partial charge in [0.05, 0.1) is 12.6 Å². The Labute approximate surface area is 139 Å². The second-order valence-corrected chi connectivity index (χ2v) is 8.05. The molecule has 0 radical (unpaired) electrons. The highest BCUT2D eigenvalue weighted by Crippen LogP contribution is 2.27. The third-order valence-electron chi connectivity index (χ3n) is 3.43. The largest absolute Gasteiger partial charge is 0.492 e. The molecule has 0 bridgehead atoms. The first-order valence-corrected chi connectivity index (χ1v) is 9.59. The van der Waals surface area contributed by atoms with Crippen LogP contribution in [0, 0.1) is 6.92 Å². The van der Waals surface area contributed by atoms with Crippen LogP contribution >= 0.6 is 11.3 Å². The van der Waals surface area contributed by atoms with Crippen LogP contribution in [0.1, 0.15) is 11.9 Å². The number of para-hydroxylation sites is 1. The Hall–Kier alpha value is -1.71. The maximum absolute atomic E-state index is 12.5. The lowest BCUT2D eigenvalue weighted by molar-refractivity contribution is 0.330. The van der Waals surface area contributed by atoms with Gasteiger partial charge < -0.3 is 9.64 Å². The predicted molar refractivity (Wildman–Crippen MR) is 88.6 cm³/mol. The van der Waals surface area contributed by atoms with Crippen LogP contribution in [-0.4, -0.2) is 44.4 Å². The lowest BCUT2D eigenvalue weighted by Gasteiger charge is -2.38. The second-order valence-electron chi connectivity index (χ2n) is 5.21. The number of ether oxygens (including phenoxy) is 1. The monoisotopic (exact) mass is 354 g/mol. The third kappa shape index (κ3) is 3.46. The van der Waals surface area contributed by atoms with Crippen LogP contribution in [0.5, 0.6) is 5.75 Å². The van der Waals surface area contributed by atoms with E-state index in [1.807, 2.05) is 18.7 Å². The van der Waals surface area contributed by atoms with Gasteiger partial charge in [0.1, 0.15) is 15.7 Å². The molecule has 1 aliphatic heterocycles. The van der Waals surface area contributed by atoms with Crippen LogP contribution in [-0.2, 0) is 10.0 Å². The maximum Gasteiger partial charge on any atom is 0.244 e. The molecule has 1 aromatic carbocycles. The summed E-state index contributed by atoms with van der Waals surface area (Å²) in [7, 11) is -3.61. The molecule has 1 aromatic heterocycles. The van der Waals surface area contributed by atoms with E-state index in [0.29, 0.717) is 25.4 Å². The fourth-order valence-electron chi connectivity index (χ4n) is 2.35. The summed E-state index contributed by atoms with van der Waals surface area (Å²) in [4.78, 5) is 2.18. The van der Waals surface area contributed by atoms with Crippen LogP contribution in [0.15, 0.2) is 29.2 Å². The standard InChI is InChI=1S/C14H18N4O3S2/c1-3-21-12-6-4-5-7-13(12)23(19,20)17-11-8-18(9-11)14-16-15-10(2)22-14/h4-7,11,17H,3,8-9H2,1-2H3. The minimum absolute atomic E-state index is 0.140. The first-order valence-electron chi connectivity index (χ1n) is 7.29. The van der Waals surface area contributed by atoms with Crippen molar-refractivity contribution in [2.75, 3.05) is 24.6 Å². The van der Waals surface area contributed by atoms with Crippen molar-refractivity contribution in [3.63, 3.8) is 0 Å². The summed E-state index contributed by atoms with van der Waals surface area (Å²) >= 11 is 1.50. The summed E-state index contributed by atoms with van der Waals surface area (Å²) in [6.45, 7) is 5.31. The minimum atomic E-state index is -3.61. The lowest BCUT2D eigenvalue weighted by atomic mass is 10.1. The molecule has 2 heterocycles. The Bertz CT molecular complexity index is 785. The van der Waals surface area contributed by atoms with Crippen molar-refractivity contribution < 1.29 is 13.2 Å². The molecule has 0 spiro atoms. The van der Waals surface area contributed by atoms with Crippen LogP contribution in [0.3, 0.4) is 0 Å². The number of benzene rings is 1. The molecular formula is C14H18N4O3S2. The highest BCUT2D eigenvalue weighted by Gasteiger charge is 2.33. The first-order chi connectivity index (χ1) is 11.0. The van der Waals surface area contributed by atoms with Gasteiger partial charge in [0.15, 0.2) is 0 Å². The lowest BCUT2D eigenvalue weighted by Crippen LogP contribution is -2.59. The summed E-state index contributed by atoms with van der Waals surface area (Å²) in [5.74, 6) is 0.374. The number of nitrogens with zero attached hydrogens (tertiary/aromatic N) is 3. The maximum atomic E-state index is 12.5. The van der Waals surface area contributed by atoms with Crippen molar-refractivity contribution in [1.29, 1.82) is 0 Å². The van der Waals surface area contributed by atoms with Crippen molar-refractivity contribution in [1.82, 2.24) is 14.9 Å². The van der Waals surface area contributed by atoms with E-state index in [0.717, 1.165) is 10.1 Å². The van der Waals surface area contributed by atoms with Gasteiger partial charge in [0.25, 0.3) is 0 Å². The van der Waals surface area contributed by atoms with E-state index in [9.17, 15) is 8.42 Å². The zero-order chi connectivity index (χ0) is 16.4. The van der Waals surface area contributed by atoms with E-state index >= 15 is 0 Å². The number of rotatable bonds is 6. The molecule has 0 amide bonds. The Kier molecular flexibility index (Phi) is 4.51. The molecule has 0 aliphatic carbocycles. The number of nitrogens with one attached hydrogen (secondary N) is 1. The molecule has 0 unspecified atom stereocenters. The first kappa shape index (κ1) is 16.2. The highest BCUT2D eigenvalue weighted by molar-refractivity contribution is 7.89. The van der Waals surface area contributed by atoms with Gasteiger partial charge in [-0.1, -0.05) is 23.5 Å². The topological polar surface area (TPSA) is 84.4 Å². The Morgan fingerprint density at radius 3 is 2.74 bits per heavy atom. The molecule has 124 valence electrons. The number of anilines is 1. The SMILES string of the molecule is CCOc1ccccc1S(=O)(=O)NC1CN(c2nnc(C)s2)C1. The molecule has 1 fully saturated rings. The van der Waals surface area contributed by atoms with Crippen molar-refractivity contribution in [3.8, 4) is 5.75 Å². The number of aromatic nitrogens is 2. The highest BCUT2D eigenvalue weighted by atomic mass is 32.2. The van der Waals surface area contributed by atoms with Gasteiger partial charge in [0.2, 0.25) is 15.2 Å². The van der Waals surface area contributed by atoms with Gasteiger partial charge in [-0.05, 0) is 26.0 Å². The zero-order valence-corrected chi connectivity index (χ0v) is 14.5. The molecule has 1 N–H and O–H groups in total. The zero-order valence-electron chi connectivity index (χ0n) is 12.9. The average Bonchev–Trinajstić information content (AvgIpc) is 2.89.